The quantitative estimate of drug-likeness (QED) is 0.491. The van der Waals surface area contributed by atoms with Crippen LogP contribution in [-0.2, 0) is 17.1 Å². The van der Waals surface area contributed by atoms with Crippen LogP contribution < -0.4 is 9.46 Å². The molecule has 160 valence electrons. The van der Waals surface area contributed by atoms with E-state index in [0.29, 0.717) is 34.8 Å². The maximum atomic E-state index is 12.5. The Morgan fingerprint density at radius 2 is 1.74 bits per heavy atom. The van der Waals surface area contributed by atoms with E-state index in [1.165, 1.54) is 6.20 Å². The number of imidazole rings is 2. The van der Waals surface area contributed by atoms with Crippen molar-refractivity contribution in [1.29, 1.82) is 0 Å². The summed E-state index contributed by atoms with van der Waals surface area (Å²) in [5, 5.41) is -0.0355. The van der Waals surface area contributed by atoms with Gasteiger partial charge in [0.15, 0.2) is 5.03 Å². The lowest BCUT2D eigenvalue weighted by atomic mass is 10.3. The van der Waals surface area contributed by atoms with Crippen molar-refractivity contribution in [3.8, 4) is 17.4 Å². The van der Waals surface area contributed by atoms with E-state index in [9.17, 15) is 8.42 Å². The molecule has 0 aliphatic heterocycles. The summed E-state index contributed by atoms with van der Waals surface area (Å²) in [6, 6.07) is 8.24. The molecule has 0 aliphatic carbocycles. The number of rotatable bonds is 6. The van der Waals surface area contributed by atoms with Crippen molar-refractivity contribution < 1.29 is 13.2 Å². The first-order valence-electron chi connectivity index (χ1n) is 9.38. The van der Waals surface area contributed by atoms with Gasteiger partial charge in [0.2, 0.25) is 5.88 Å². The van der Waals surface area contributed by atoms with Crippen LogP contribution in [0, 0.1) is 20.8 Å². The van der Waals surface area contributed by atoms with E-state index in [1.807, 2.05) is 17.7 Å². The largest absolute Gasteiger partial charge is 0.439 e. The molecular formula is C20H21N7O3S. The van der Waals surface area contributed by atoms with Crippen molar-refractivity contribution in [2.75, 3.05) is 4.72 Å². The first-order chi connectivity index (χ1) is 14.7. The monoisotopic (exact) mass is 439 g/mol. The molecule has 0 atom stereocenters. The number of hydrogen-bond acceptors (Lipinski definition) is 7. The number of aryl methyl sites for hydroxylation is 4. The summed E-state index contributed by atoms with van der Waals surface area (Å²) in [4.78, 5) is 17.0. The highest BCUT2D eigenvalue weighted by Crippen LogP contribution is 2.24. The Morgan fingerprint density at radius 1 is 1.00 bits per heavy atom. The molecule has 0 aliphatic rings. The van der Waals surface area contributed by atoms with Gasteiger partial charge < -0.3 is 9.30 Å². The number of nitrogens with zero attached hydrogens (tertiary/aromatic N) is 6. The van der Waals surface area contributed by atoms with Crippen molar-refractivity contribution in [2.24, 2.45) is 7.05 Å². The van der Waals surface area contributed by atoms with E-state index in [0.717, 1.165) is 5.82 Å². The Hall–Kier alpha value is -3.73. The first kappa shape index (κ1) is 20.5. The second-order valence-electron chi connectivity index (χ2n) is 6.93. The molecule has 0 unspecified atom stereocenters. The number of nitrogens with one attached hydrogen (secondary N) is 1. The zero-order valence-corrected chi connectivity index (χ0v) is 18.3. The first-order valence-corrected chi connectivity index (χ1v) is 10.9. The summed E-state index contributed by atoms with van der Waals surface area (Å²) in [5.74, 6) is 3.47. The van der Waals surface area contributed by atoms with Crippen molar-refractivity contribution in [1.82, 2.24) is 29.1 Å². The zero-order valence-electron chi connectivity index (χ0n) is 17.4. The minimum absolute atomic E-state index is 0.0355. The van der Waals surface area contributed by atoms with Gasteiger partial charge in [-0.3, -0.25) is 9.29 Å². The number of hydrogen-bond donors (Lipinski definition) is 1. The molecule has 0 amide bonds. The van der Waals surface area contributed by atoms with Gasteiger partial charge in [0.1, 0.15) is 29.0 Å². The second-order valence-corrected chi connectivity index (χ2v) is 8.55. The predicted octanol–water partition coefficient (Wildman–Crippen LogP) is 2.91. The fourth-order valence-electron chi connectivity index (χ4n) is 2.90. The molecule has 10 nitrogen and oxygen atoms in total. The lowest BCUT2D eigenvalue weighted by molar-refractivity contribution is 0.459. The number of sulfonamides is 1. The summed E-state index contributed by atoms with van der Waals surface area (Å²) in [5.41, 5.74) is 0.393. The van der Waals surface area contributed by atoms with Crippen molar-refractivity contribution in [3.63, 3.8) is 0 Å². The fourth-order valence-corrected chi connectivity index (χ4v) is 4.00. The van der Waals surface area contributed by atoms with Gasteiger partial charge in [0, 0.05) is 37.4 Å². The third-order valence-corrected chi connectivity index (χ3v) is 5.82. The summed E-state index contributed by atoms with van der Waals surface area (Å²) < 4.78 is 36.9. The van der Waals surface area contributed by atoms with E-state index < -0.39 is 10.0 Å². The van der Waals surface area contributed by atoms with Gasteiger partial charge in [-0.25, -0.2) is 15.0 Å². The van der Waals surface area contributed by atoms with Crippen molar-refractivity contribution in [3.05, 3.63) is 66.4 Å². The van der Waals surface area contributed by atoms with Crippen LogP contribution in [0.15, 0.2) is 53.9 Å². The van der Waals surface area contributed by atoms with Crippen LogP contribution in [0.2, 0.25) is 0 Å². The molecule has 0 fully saturated rings. The maximum absolute atomic E-state index is 12.5. The molecule has 0 saturated carbocycles. The number of aromatic nitrogens is 6. The van der Waals surface area contributed by atoms with Gasteiger partial charge in [-0.05, 0) is 45.0 Å². The third-order valence-electron chi connectivity index (χ3n) is 4.56. The van der Waals surface area contributed by atoms with Crippen molar-refractivity contribution in [2.45, 2.75) is 25.8 Å². The van der Waals surface area contributed by atoms with Crippen LogP contribution in [0.5, 0.6) is 11.6 Å². The summed E-state index contributed by atoms with van der Waals surface area (Å²) in [6.45, 7) is 5.39. The highest BCUT2D eigenvalue weighted by atomic mass is 32.2. The van der Waals surface area contributed by atoms with Crippen LogP contribution in [-0.4, -0.2) is 37.5 Å². The SMILES string of the molecule is Cc1nc(Oc2ccc(NS(=O)(=O)c3cn(C)c(C)n3)cc2)cc(-n2ccnc2C)n1. The normalized spacial score (nSPS) is 11.5. The topological polar surface area (TPSA) is 117 Å². The molecule has 1 N–H and O–H groups in total. The van der Waals surface area contributed by atoms with E-state index in [2.05, 4.69) is 24.7 Å². The highest BCUT2D eigenvalue weighted by molar-refractivity contribution is 7.92. The van der Waals surface area contributed by atoms with Crippen LogP contribution in [0.1, 0.15) is 17.5 Å². The van der Waals surface area contributed by atoms with Crippen molar-refractivity contribution >= 4 is 15.7 Å². The Balaban J connectivity index is 1.52. The van der Waals surface area contributed by atoms with Crippen LogP contribution in [0.4, 0.5) is 5.69 Å². The van der Waals surface area contributed by atoms with Crippen LogP contribution >= 0.6 is 0 Å². The Morgan fingerprint density at radius 3 is 2.35 bits per heavy atom. The third kappa shape index (κ3) is 4.40. The summed E-state index contributed by atoms with van der Waals surface area (Å²) in [6.07, 6.45) is 4.97. The fraction of sp³-hybridized carbons (Fsp3) is 0.200. The lowest BCUT2D eigenvalue weighted by Crippen LogP contribution is -2.13. The molecule has 3 aromatic heterocycles. The smallest absolute Gasteiger partial charge is 0.280 e. The van der Waals surface area contributed by atoms with Gasteiger partial charge in [-0.15, -0.1) is 0 Å². The molecule has 1 aromatic carbocycles. The lowest BCUT2D eigenvalue weighted by Gasteiger charge is -2.10. The van der Waals surface area contributed by atoms with E-state index >= 15 is 0 Å². The second kappa shape index (κ2) is 7.84. The Bertz CT molecular complexity index is 1320. The maximum Gasteiger partial charge on any atom is 0.280 e. The Labute approximate surface area is 179 Å². The predicted molar refractivity (Wildman–Crippen MR) is 114 cm³/mol. The number of anilines is 1. The average Bonchev–Trinajstić information content (AvgIpc) is 3.28. The standard InChI is InChI=1S/C20H21N7O3S/c1-13-22-18(27-10-9-21-14(27)2)11-19(23-13)30-17-7-5-16(6-8-17)25-31(28,29)20-12-26(4)15(3)24-20/h5-12,25H,1-4H3. The summed E-state index contributed by atoms with van der Waals surface area (Å²) in [7, 11) is -2.04. The highest BCUT2D eigenvalue weighted by Gasteiger charge is 2.18. The average molecular weight is 440 g/mol. The van der Waals surface area contributed by atoms with E-state index in [-0.39, 0.29) is 5.03 Å². The minimum Gasteiger partial charge on any atom is -0.439 e. The molecular weight excluding hydrogens is 418 g/mol. The van der Waals surface area contributed by atoms with Gasteiger partial charge in [-0.1, -0.05) is 0 Å². The van der Waals surface area contributed by atoms with Gasteiger partial charge in [0.25, 0.3) is 10.0 Å². The number of benzene rings is 1. The zero-order chi connectivity index (χ0) is 22.2. The summed E-state index contributed by atoms with van der Waals surface area (Å²) >= 11 is 0. The van der Waals surface area contributed by atoms with Crippen LogP contribution in [0.3, 0.4) is 0 Å². The molecule has 0 saturated heterocycles. The Kier molecular flexibility index (Phi) is 5.19. The van der Waals surface area contributed by atoms with E-state index in [1.54, 1.807) is 62.0 Å². The van der Waals surface area contributed by atoms with Gasteiger partial charge in [0.05, 0.1) is 0 Å². The molecule has 4 rings (SSSR count). The number of ether oxygens (including phenoxy) is 1. The van der Waals surface area contributed by atoms with Gasteiger partial charge in [-0.2, -0.15) is 13.4 Å². The molecule has 0 bridgehead atoms. The minimum atomic E-state index is -3.78. The molecule has 0 radical (unpaired) electrons. The van der Waals surface area contributed by atoms with Gasteiger partial charge >= 0.3 is 0 Å². The molecule has 3 heterocycles. The van der Waals surface area contributed by atoms with E-state index in [4.69, 9.17) is 4.74 Å². The molecule has 0 spiro atoms. The molecule has 4 aromatic rings. The molecule has 31 heavy (non-hydrogen) atoms. The van der Waals surface area contributed by atoms with Crippen LogP contribution in [0.25, 0.3) is 5.82 Å². The molecule has 11 heteroatoms.